The zero-order chi connectivity index (χ0) is 24.8. The monoisotopic (exact) mass is 483 g/mol. The first-order valence-corrected chi connectivity index (χ1v) is 12.4. The van der Waals surface area contributed by atoms with E-state index in [9.17, 15) is 14.4 Å². The van der Waals surface area contributed by atoms with Gasteiger partial charge in [-0.3, -0.25) is 14.7 Å². The molecule has 4 rings (SSSR count). The van der Waals surface area contributed by atoms with Crippen molar-refractivity contribution >= 4 is 29.6 Å². The summed E-state index contributed by atoms with van der Waals surface area (Å²) in [6, 6.07) is 3.26. The van der Waals surface area contributed by atoms with Crippen molar-refractivity contribution in [2.75, 3.05) is 24.4 Å². The van der Waals surface area contributed by atoms with Gasteiger partial charge in [0.15, 0.2) is 0 Å². The van der Waals surface area contributed by atoms with Crippen molar-refractivity contribution in [2.24, 2.45) is 0 Å². The lowest BCUT2D eigenvalue weighted by molar-refractivity contribution is 0.0557. The first-order chi connectivity index (χ1) is 17.0. The minimum absolute atomic E-state index is 0.0105. The second kappa shape index (κ2) is 11.4. The van der Waals surface area contributed by atoms with Gasteiger partial charge in [0.05, 0.1) is 19.8 Å². The lowest BCUT2D eigenvalue weighted by atomic mass is 9.93. The number of furan rings is 1. The number of hydrogen-bond donors (Lipinski definition) is 1. The van der Waals surface area contributed by atoms with E-state index in [0.717, 1.165) is 64.2 Å². The molecule has 0 saturated heterocycles. The first-order valence-electron chi connectivity index (χ1n) is 12.4. The zero-order valence-electron chi connectivity index (χ0n) is 20.4. The molecule has 2 aliphatic rings. The van der Waals surface area contributed by atoms with E-state index in [1.54, 1.807) is 18.3 Å². The molecule has 2 fully saturated rings. The summed E-state index contributed by atoms with van der Waals surface area (Å²) in [6.07, 6.45) is 12.7. The molecule has 0 spiro atoms. The predicted octanol–water partition coefficient (Wildman–Crippen LogP) is 4.97. The number of pyridine rings is 1. The van der Waals surface area contributed by atoms with E-state index in [0.29, 0.717) is 5.56 Å². The molecule has 9 heteroatoms. The van der Waals surface area contributed by atoms with E-state index in [2.05, 4.69) is 10.3 Å². The summed E-state index contributed by atoms with van der Waals surface area (Å²) in [6.45, 7) is 0. The van der Waals surface area contributed by atoms with Crippen LogP contribution in [-0.2, 0) is 9.47 Å². The van der Waals surface area contributed by atoms with Crippen LogP contribution in [0.25, 0.3) is 0 Å². The van der Waals surface area contributed by atoms with Crippen LogP contribution in [0.5, 0.6) is 0 Å². The number of methoxy groups -OCH3 is 2. The molecule has 2 aliphatic carbocycles. The highest BCUT2D eigenvalue weighted by Gasteiger charge is 2.40. The Morgan fingerprint density at radius 3 is 2.17 bits per heavy atom. The standard InChI is InChI=1S/C26H33N3O6/c1-33-25(31)20-21(26(32)34-2)24(35-22(20)28-18-11-5-3-6-12-18)29(19-13-7-4-8-14-19)23(30)17-10-9-15-27-16-17/h9-10,15-16,18-19,28H,3-8,11-14H2,1-2H3. The average Bonchev–Trinajstić information content (AvgIpc) is 3.27. The summed E-state index contributed by atoms with van der Waals surface area (Å²) in [4.78, 5) is 45.4. The Hall–Kier alpha value is -3.36. The Kier molecular flexibility index (Phi) is 8.05. The molecule has 35 heavy (non-hydrogen) atoms. The maximum absolute atomic E-state index is 13.8. The highest BCUT2D eigenvalue weighted by Crippen LogP contribution is 2.40. The summed E-state index contributed by atoms with van der Waals surface area (Å²) < 4.78 is 16.3. The highest BCUT2D eigenvalue weighted by atomic mass is 16.5. The van der Waals surface area contributed by atoms with Gasteiger partial charge in [0.2, 0.25) is 11.8 Å². The minimum Gasteiger partial charge on any atom is -0.465 e. The molecule has 0 radical (unpaired) electrons. The number of amides is 1. The molecule has 2 aromatic heterocycles. The summed E-state index contributed by atoms with van der Waals surface area (Å²) in [5, 5.41) is 3.32. The molecular formula is C26H33N3O6. The van der Waals surface area contributed by atoms with Gasteiger partial charge in [-0.15, -0.1) is 0 Å². The van der Waals surface area contributed by atoms with Crippen LogP contribution in [0, 0.1) is 0 Å². The van der Waals surface area contributed by atoms with Crippen LogP contribution in [0.4, 0.5) is 11.8 Å². The normalized spacial score (nSPS) is 17.0. The van der Waals surface area contributed by atoms with E-state index in [1.165, 1.54) is 25.3 Å². The number of esters is 2. The van der Waals surface area contributed by atoms with Gasteiger partial charge in [0, 0.05) is 24.5 Å². The van der Waals surface area contributed by atoms with E-state index < -0.39 is 11.9 Å². The van der Waals surface area contributed by atoms with Gasteiger partial charge >= 0.3 is 11.9 Å². The molecule has 2 heterocycles. The summed E-state index contributed by atoms with van der Waals surface area (Å²) >= 11 is 0. The van der Waals surface area contributed by atoms with E-state index in [1.807, 2.05) is 0 Å². The largest absolute Gasteiger partial charge is 0.465 e. The van der Waals surface area contributed by atoms with Gasteiger partial charge in [-0.25, -0.2) is 9.59 Å². The number of hydrogen-bond acceptors (Lipinski definition) is 8. The molecule has 1 N–H and O–H groups in total. The molecule has 2 saturated carbocycles. The van der Waals surface area contributed by atoms with Crippen molar-refractivity contribution < 1.29 is 28.3 Å². The molecule has 9 nitrogen and oxygen atoms in total. The van der Waals surface area contributed by atoms with Gasteiger partial charge < -0.3 is 19.2 Å². The maximum Gasteiger partial charge on any atom is 0.344 e. The minimum atomic E-state index is -0.763. The third kappa shape index (κ3) is 5.33. The van der Waals surface area contributed by atoms with E-state index in [4.69, 9.17) is 13.9 Å². The van der Waals surface area contributed by atoms with Crippen molar-refractivity contribution in [3.8, 4) is 0 Å². The number of anilines is 2. The maximum atomic E-state index is 13.8. The van der Waals surface area contributed by atoms with Crippen LogP contribution in [0.15, 0.2) is 28.9 Å². The third-order valence-electron chi connectivity index (χ3n) is 6.90. The number of rotatable bonds is 7. The van der Waals surface area contributed by atoms with Crippen molar-refractivity contribution in [1.29, 1.82) is 0 Å². The Morgan fingerprint density at radius 2 is 1.57 bits per heavy atom. The number of carbonyl (C=O) groups excluding carboxylic acids is 3. The summed E-state index contributed by atoms with van der Waals surface area (Å²) in [5.74, 6) is -1.68. The fourth-order valence-corrected chi connectivity index (χ4v) is 5.10. The molecule has 0 atom stereocenters. The topological polar surface area (TPSA) is 111 Å². The molecule has 188 valence electrons. The Labute approximate surface area is 205 Å². The molecule has 0 aliphatic heterocycles. The lowest BCUT2D eigenvalue weighted by Crippen LogP contribution is -2.42. The van der Waals surface area contributed by atoms with Gasteiger partial charge in [-0.05, 0) is 37.8 Å². The number of nitrogens with one attached hydrogen (secondary N) is 1. The summed E-state index contributed by atoms with van der Waals surface area (Å²) in [7, 11) is 2.49. The summed E-state index contributed by atoms with van der Waals surface area (Å²) in [5.41, 5.74) is 0.229. The molecule has 0 unspecified atom stereocenters. The predicted molar refractivity (Wildman–Crippen MR) is 130 cm³/mol. The Balaban J connectivity index is 1.86. The Bertz CT molecular complexity index is 1040. The van der Waals surface area contributed by atoms with Gasteiger partial charge in [-0.1, -0.05) is 38.5 Å². The number of carbonyl (C=O) groups is 3. The van der Waals surface area contributed by atoms with Crippen molar-refractivity contribution in [2.45, 2.75) is 76.3 Å². The highest BCUT2D eigenvalue weighted by molar-refractivity contribution is 6.14. The lowest BCUT2D eigenvalue weighted by Gasteiger charge is -2.33. The van der Waals surface area contributed by atoms with E-state index >= 15 is 0 Å². The SMILES string of the molecule is COC(=O)c1c(NC2CCCCC2)oc(N(C(=O)c2cccnc2)C2CCCCC2)c1C(=O)OC. The van der Waals surface area contributed by atoms with Crippen LogP contribution >= 0.6 is 0 Å². The van der Waals surface area contributed by atoms with Crippen LogP contribution in [0.3, 0.4) is 0 Å². The number of nitrogens with zero attached hydrogens (tertiary/aromatic N) is 2. The average molecular weight is 484 g/mol. The molecule has 0 bridgehead atoms. The van der Waals surface area contributed by atoms with Gasteiger partial charge in [0.25, 0.3) is 5.91 Å². The second-order valence-corrected chi connectivity index (χ2v) is 9.16. The molecular weight excluding hydrogens is 450 g/mol. The van der Waals surface area contributed by atoms with E-state index in [-0.39, 0.29) is 40.9 Å². The number of ether oxygens (including phenoxy) is 2. The fraction of sp³-hybridized carbons (Fsp3) is 0.538. The van der Waals surface area contributed by atoms with Crippen LogP contribution in [0.2, 0.25) is 0 Å². The third-order valence-corrected chi connectivity index (χ3v) is 6.90. The molecule has 0 aromatic carbocycles. The van der Waals surface area contributed by atoms with Crippen molar-refractivity contribution in [3.63, 3.8) is 0 Å². The smallest absolute Gasteiger partial charge is 0.344 e. The first kappa shape index (κ1) is 24.8. The fourth-order valence-electron chi connectivity index (χ4n) is 5.10. The van der Waals surface area contributed by atoms with Gasteiger partial charge in [-0.2, -0.15) is 0 Å². The van der Waals surface area contributed by atoms with Crippen molar-refractivity contribution in [1.82, 2.24) is 4.98 Å². The van der Waals surface area contributed by atoms with Crippen LogP contribution in [-0.4, -0.2) is 49.1 Å². The molecule has 1 amide bonds. The van der Waals surface area contributed by atoms with Crippen LogP contribution in [0.1, 0.15) is 95.3 Å². The van der Waals surface area contributed by atoms with Crippen LogP contribution < -0.4 is 10.2 Å². The Morgan fingerprint density at radius 1 is 0.943 bits per heavy atom. The molecule has 2 aromatic rings. The number of aromatic nitrogens is 1. The van der Waals surface area contributed by atoms with Gasteiger partial charge in [0.1, 0.15) is 11.1 Å². The van der Waals surface area contributed by atoms with Crippen molar-refractivity contribution in [3.05, 3.63) is 41.2 Å². The second-order valence-electron chi connectivity index (χ2n) is 9.16. The quantitative estimate of drug-likeness (QED) is 0.550. The zero-order valence-corrected chi connectivity index (χ0v) is 20.4.